The molecule has 1 unspecified atom stereocenters. The molecule has 1 aliphatic rings. The van der Waals surface area contributed by atoms with Crippen molar-refractivity contribution in [3.63, 3.8) is 0 Å². The lowest BCUT2D eigenvalue weighted by molar-refractivity contribution is -0.137. The number of hydrogen-bond donors (Lipinski definition) is 1. The molecule has 0 bridgehead atoms. The molecule has 0 radical (unpaired) electrons. The highest BCUT2D eigenvalue weighted by atomic mass is 19.4. The molecule has 1 aliphatic heterocycles. The molecule has 1 N–H and O–H groups in total. The second-order valence-corrected chi connectivity index (χ2v) is 7.76. The van der Waals surface area contributed by atoms with Gasteiger partial charge in [0.1, 0.15) is 12.6 Å². The van der Waals surface area contributed by atoms with E-state index in [1.54, 1.807) is 0 Å². The number of aliphatic imine (C=N–C) groups is 1. The van der Waals surface area contributed by atoms with E-state index in [4.69, 9.17) is 4.74 Å². The summed E-state index contributed by atoms with van der Waals surface area (Å²) < 4.78 is 44.2. The van der Waals surface area contributed by atoms with Crippen molar-refractivity contribution >= 4 is 5.90 Å². The molecule has 0 saturated heterocycles. The molecule has 0 aromatic heterocycles. The summed E-state index contributed by atoms with van der Waals surface area (Å²) in [6.45, 7) is 0.159. The number of halogens is 3. The minimum absolute atomic E-state index is 0.159. The molecule has 0 aliphatic carbocycles. The first kappa shape index (κ1) is 21.1. The molecule has 1 atom stereocenters. The van der Waals surface area contributed by atoms with Gasteiger partial charge in [0.25, 0.3) is 0 Å². The zero-order valence-corrected chi connectivity index (χ0v) is 16.7. The standard InChI is InChI=1S/C25H22F3NO2/c26-25(27,28)21-13-11-20(12-14-21)23-29-22(17-31-23)24(30,15-18-7-3-1-4-8-18)16-19-9-5-2-6-10-19/h1-14,22,30H,15-17H2. The Labute approximate surface area is 178 Å². The van der Waals surface area contributed by atoms with E-state index in [1.807, 2.05) is 60.7 Å². The molecule has 0 saturated carbocycles. The van der Waals surface area contributed by atoms with Crippen LogP contribution in [-0.4, -0.2) is 29.3 Å². The first-order chi connectivity index (χ1) is 14.8. The highest BCUT2D eigenvalue weighted by molar-refractivity contribution is 5.95. The van der Waals surface area contributed by atoms with E-state index in [1.165, 1.54) is 12.1 Å². The molecule has 0 spiro atoms. The lowest BCUT2D eigenvalue weighted by Gasteiger charge is -2.32. The summed E-state index contributed by atoms with van der Waals surface area (Å²) in [6.07, 6.45) is -3.65. The summed E-state index contributed by atoms with van der Waals surface area (Å²) in [6, 6.07) is 23.5. The number of benzene rings is 3. The van der Waals surface area contributed by atoms with Crippen molar-refractivity contribution in [3.8, 4) is 0 Å². The predicted molar refractivity (Wildman–Crippen MR) is 113 cm³/mol. The first-order valence-electron chi connectivity index (χ1n) is 10.0. The summed E-state index contributed by atoms with van der Waals surface area (Å²) in [5.74, 6) is 0.248. The van der Waals surface area contributed by atoms with Crippen LogP contribution in [-0.2, 0) is 23.8 Å². The van der Waals surface area contributed by atoms with Gasteiger partial charge in [-0.05, 0) is 35.4 Å². The van der Waals surface area contributed by atoms with E-state index in [-0.39, 0.29) is 12.5 Å². The fourth-order valence-corrected chi connectivity index (χ4v) is 3.81. The highest BCUT2D eigenvalue weighted by Gasteiger charge is 2.41. The van der Waals surface area contributed by atoms with Gasteiger partial charge in [0.2, 0.25) is 5.90 Å². The quantitative estimate of drug-likeness (QED) is 0.599. The van der Waals surface area contributed by atoms with Crippen molar-refractivity contribution in [2.45, 2.75) is 30.7 Å². The molecule has 4 rings (SSSR count). The normalized spacial score (nSPS) is 16.6. The topological polar surface area (TPSA) is 41.8 Å². The van der Waals surface area contributed by atoms with Crippen LogP contribution in [0, 0.1) is 0 Å². The molecule has 3 nitrogen and oxygen atoms in total. The molecule has 31 heavy (non-hydrogen) atoms. The molecule has 6 heteroatoms. The highest BCUT2D eigenvalue weighted by Crippen LogP contribution is 2.31. The van der Waals surface area contributed by atoms with Gasteiger partial charge in [-0.15, -0.1) is 0 Å². The Morgan fingerprint density at radius 3 is 1.81 bits per heavy atom. The van der Waals surface area contributed by atoms with E-state index in [0.717, 1.165) is 23.3 Å². The zero-order chi connectivity index (χ0) is 21.9. The number of rotatable bonds is 6. The Hall–Kier alpha value is -3.12. The lowest BCUT2D eigenvalue weighted by Crippen LogP contribution is -2.46. The summed E-state index contributed by atoms with van der Waals surface area (Å²) in [7, 11) is 0. The van der Waals surface area contributed by atoms with Crippen molar-refractivity contribution in [1.82, 2.24) is 0 Å². The van der Waals surface area contributed by atoms with Crippen LogP contribution in [0.4, 0.5) is 13.2 Å². The van der Waals surface area contributed by atoms with E-state index >= 15 is 0 Å². The average molecular weight is 425 g/mol. The van der Waals surface area contributed by atoms with Crippen LogP contribution in [0.25, 0.3) is 0 Å². The van der Waals surface area contributed by atoms with E-state index < -0.39 is 23.4 Å². The maximum atomic E-state index is 12.8. The summed E-state index contributed by atoms with van der Waals surface area (Å²) in [5.41, 5.74) is 0.461. The van der Waals surface area contributed by atoms with Crippen LogP contribution >= 0.6 is 0 Å². The maximum absolute atomic E-state index is 12.8. The minimum atomic E-state index is -4.40. The third-order valence-electron chi connectivity index (χ3n) is 5.44. The largest absolute Gasteiger partial charge is 0.475 e. The Balaban J connectivity index is 1.61. The molecule has 160 valence electrons. The van der Waals surface area contributed by atoms with E-state index in [2.05, 4.69) is 4.99 Å². The third kappa shape index (κ3) is 4.97. The van der Waals surface area contributed by atoms with Gasteiger partial charge in [0.05, 0.1) is 11.2 Å². The SMILES string of the molecule is OC(Cc1ccccc1)(Cc1ccccc1)C1COC(c2ccc(C(F)(F)F)cc2)=N1. The smallest absolute Gasteiger partial charge is 0.416 e. The van der Waals surface area contributed by atoms with Crippen molar-refractivity contribution in [2.75, 3.05) is 6.61 Å². The van der Waals surface area contributed by atoms with E-state index in [0.29, 0.717) is 18.4 Å². The Morgan fingerprint density at radius 1 is 0.806 bits per heavy atom. The lowest BCUT2D eigenvalue weighted by atomic mass is 9.82. The zero-order valence-electron chi connectivity index (χ0n) is 16.7. The number of aliphatic hydroxyl groups is 1. The Kier molecular flexibility index (Phi) is 5.83. The van der Waals surface area contributed by atoms with Crippen molar-refractivity contribution in [2.24, 2.45) is 4.99 Å². The van der Waals surface area contributed by atoms with Crippen molar-refractivity contribution in [1.29, 1.82) is 0 Å². The molecule has 0 amide bonds. The molecule has 0 fully saturated rings. The summed E-state index contributed by atoms with van der Waals surface area (Å²) >= 11 is 0. The van der Waals surface area contributed by atoms with Gasteiger partial charge in [-0.3, -0.25) is 0 Å². The fraction of sp³-hybridized carbons (Fsp3) is 0.240. The van der Waals surface area contributed by atoms with Crippen LogP contribution in [0.3, 0.4) is 0 Å². The number of alkyl halides is 3. The first-order valence-corrected chi connectivity index (χ1v) is 10.0. The van der Waals surface area contributed by atoms with Gasteiger partial charge in [-0.25, -0.2) is 4.99 Å². The van der Waals surface area contributed by atoms with E-state index in [9.17, 15) is 18.3 Å². The molecule has 3 aromatic rings. The van der Waals surface area contributed by atoms with Gasteiger partial charge in [0.15, 0.2) is 0 Å². The number of ether oxygens (including phenoxy) is 1. The maximum Gasteiger partial charge on any atom is 0.416 e. The minimum Gasteiger partial charge on any atom is -0.475 e. The van der Waals surface area contributed by atoms with Crippen LogP contribution in [0.1, 0.15) is 22.3 Å². The van der Waals surface area contributed by atoms with Gasteiger partial charge >= 0.3 is 6.18 Å². The van der Waals surface area contributed by atoms with Gasteiger partial charge < -0.3 is 9.84 Å². The van der Waals surface area contributed by atoms with Gasteiger partial charge in [-0.2, -0.15) is 13.2 Å². The van der Waals surface area contributed by atoms with Gasteiger partial charge in [-0.1, -0.05) is 60.7 Å². The molecule has 1 heterocycles. The van der Waals surface area contributed by atoms with Crippen molar-refractivity contribution < 1.29 is 23.0 Å². The molecular formula is C25H22F3NO2. The predicted octanol–water partition coefficient (Wildman–Crippen LogP) is 5.07. The fourth-order valence-electron chi connectivity index (χ4n) is 3.81. The monoisotopic (exact) mass is 425 g/mol. The van der Waals surface area contributed by atoms with Crippen LogP contribution < -0.4 is 0 Å². The third-order valence-corrected chi connectivity index (χ3v) is 5.44. The summed E-state index contributed by atoms with van der Waals surface area (Å²) in [5, 5.41) is 11.7. The molecular weight excluding hydrogens is 403 g/mol. The van der Waals surface area contributed by atoms with Crippen LogP contribution in [0.5, 0.6) is 0 Å². The van der Waals surface area contributed by atoms with Gasteiger partial charge in [0, 0.05) is 18.4 Å². The van der Waals surface area contributed by atoms with Crippen molar-refractivity contribution in [3.05, 3.63) is 107 Å². The molecule has 3 aromatic carbocycles. The number of nitrogens with zero attached hydrogens (tertiary/aromatic N) is 1. The average Bonchev–Trinajstić information content (AvgIpc) is 3.26. The second kappa shape index (κ2) is 8.55. The number of hydrogen-bond acceptors (Lipinski definition) is 3. The van der Waals surface area contributed by atoms with Crippen LogP contribution in [0.15, 0.2) is 89.9 Å². The second-order valence-electron chi connectivity index (χ2n) is 7.76. The Bertz CT molecular complexity index is 990. The summed E-state index contributed by atoms with van der Waals surface area (Å²) in [4.78, 5) is 4.58. The Morgan fingerprint density at radius 2 is 1.32 bits per heavy atom. The van der Waals surface area contributed by atoms with Crippen LogP contribution in [0.2, 0.25) is 0 Å².